The van der Waals surface area contributed by atoms with Gasteiger partial charge >= 0.3 is 10.1 Å². The minimum Gasteiger partial charge on any atom is -0.289 e. The summed E-state index contributed by atoms with van der Waals surface area (Å²) in [4.78, 5) is 11.4. The maximum absolute atomic E-state index is 11.9. The summed E-state index contributed by atoms with van der Waals surface area (Å²) in [6.45, 7) is 1.64. The van der Waals surface area contributed by atoms with E-state index in [-0.39, 0.29) is 16.4 Å². The van der Waals surface area contributed by atoms with Gasteiger partial charge < -0.3 is 0 Å². The van der Waals surface area contributed by atoms with E-state index < -0.39 is 10.1 Å². The number of benzene rings is 1. The summed E-state index contributed by atoms with van der Waals surface area (Å²) in [6.07, 6.45) is 2.76. The van der Waals surface area contributed by atoms with Crippen molar-refractivity contribution >= 4 is 37.5 Å². The zero-order valence-corrected chi connectivity index (χ0v) is 12.8. The van der Waals surface area contributed by atoms with Crippen molar-refractivity contribution in [2.75, 3.05) is 0 Å². The van der Waals surface area contributed by atoms with Crippen LogP contribution in [0.1, 0.15) is 6.92 Å². The molecule has 5 nitrogen and oxygen atoms in total. The number of nitrogens with zero attached hydrogens (tertiary/aromatic N) is 1. The molecule has 0 amide bonds. The molecule has 2 rings (SSSR count). The van der Waals surface area contributed by atoms with Crippen molar-refractivity contribution in [3.63, 3.8) is 0 Å². The first-order chi connectivity index (χ1) is 9.40. The first-order valence-corrected chi connectivity index (χ1v) is 7.77. The van der Waals surface area contributed by atoms with E-state index in [0.717, 1.165) is 0 Å². The predicted octanol–water partition coefficient (Wildman–Crippen LogP) is 2.56. The molecule has 0 N–H and O–H groups in total. The van der Waals surface area contributed by atoms with Crippen LogP contribution in [0.3, 0.4) is 0 Å². The molecular weight excluding hydrogens is 346 g/mol. The standard InChI is InChI=1S/C13H10BrNO4S/c1-9-7-13(16)11(14)8-12(9)15-19-20(17,18)10-5-3-2-4-6-10/h2-8H,1H3. The van der Waals surface area contributed by atoms with Gasteiger partial charge in [-0.2, -0.15) is 8.42 Å². The zero-order valence-electron chi connectivity index (χ0n) is 10.4. The van der Waals surface area contributed by atoms with Gasteiger partial charge in [0.1, 0.15) is 10.6 Å². The van der Waals surface area contributed by atoms with Crippen LogP contribution >= 0.6 is 15.9 Å². The SMILES string of the molecule is CC1=CC(=O)C(Br)=CC1=NOS(=O)(=O)c1ccccc1. The molecule has 104 valence electrons. The Hall–Kier alpha value is -1.73. The molecule has 7 heteroatoms. The summed E-state index contributed by atoms with van der Waals surface area (Å²) in [7, 11) is -3.96. The molecule has 0 bridgehead atoms. The second kappa shape index (κ2) is 5.72. The molecule has 0 fully saturated rings. The highest BCUT2D eigenvalue weighted by Crippen LogP contribution is 2.18. The minimum atomic E-state index is -3.96. The summed E-state index contributed by atoms with van der Waals surface area (Å²) < 4.78 is 28.7. The minimum absolute atomic E-state index is 0.0147. The number of rotatable bonds is 3. The second-order valence-electron chi connectivity index (χ2n) is 4.00. The molecule has 0 spiro atoms. The van der Waals surface area contributed by atoms with Gasteiger partial charge in [-0.25, -0.2) is 0 Å². The summed E-state index contributed by atoms with van der Waals surface area (Å²) in [5, 5.41) is 3.60. The number of carbonyl (C=O) groups is 1. The van der Waals surface area contributed by atoms with Crippen LogP contribution in [0.2, 0.25) is 0 Å². The van der Waals surface area contributed by atoms with Crippen LogP contribution in [0.4, 0.5) is 0 Å². The molecule has 1 aliphatic carbocycles. The fourth-order valence-corrected chi connectivity index (χ4v) is 2.55. The van der Waals surface area contributed by atoms with Gasteiger partial charge in [-0.3, -0.25) is 9.08 Å². The zero-order chi connectivity index (χ0) is 14.8. The summed E-state index contributed by atoms with van der Waals surface area (Å²) in [5.41, 5.74) is 0.803. The number of allylic oxidation sites excluding steroid dienone is 4. The van der Waals surface area contributed by atoms with Gasteiger partial charge in [-0.15, -0.1) is 0 Å². The van der Waals surface area contributed by atoms with Crippen molar-refractivity contribution in [1.82, 2.24) is 0 Å². The quantitative estimate of drug-likeness (QED) is 0.616. The van der Waals surface area contributed by atoms with E-state index in [4.69, 9.17) is 0 Å². The Balaban J connectivity index is 2.26. The number of hydrogen-bond acceptors (Lipinski definition) is 5. The fraction of sp³-hybridized carbons (Fsp3) is 0.0769. The van der Waals surface area contributed by atoms with E-state index in [1.54, 1.807) is 25.1 Å². The molecule has 0 heterocycles. The van der Waals surface area contributed by atoms with Gasteiger partial charge in [-0.1, -0.05) is 23.4 Å². The molecule has 20 heavy (non-hydrogen) atoms. The largest absolute Gasteiger partial charge is 0.358 e. The number of oxime groups is 1. The van der Waals surface area contributed by atoms with Gasteiger partial charge in [0.25, 0.3) is 0 Å². The van der Waals surface area contributed by atoms with E-state index in [9.17, 15) is 13.2 Å². The second-order valence-corrected chi connectivity index (χ2v) is 6.39. The lowest BCUT2D eigenvalue weighted by atomic mass is 10.1. The molecule has 0 unspecified atom stereocenters. The third-order valence-corrected chi connectivity index (χ3v) is 4.26. The van der Waals surface area contributed by atoms with E-state index in [1.807, 2.05) is 0 Å². The number of ketones is 1. The Labute approximate surface area is 124 Å². The van der Waals surface area contributed by atoms with Crippen LogP contribution in [0.25, 0.3) is 0 Å². The molecule has 1 aromatic carbocycles. The van der Waals surface area contributed by atoms with Gasteiger partial charge in [0.2, 0.25) is 0 Å². The Morgan fingerprint density at radius 2 is 1.80 bits per heavy atom. The van der Waals surface area contributed by atoms with E-state index in [2.05, 4.69) is 25.4 Å². The summed E-state index contributed by atoms with van der Waals surface area (Å²) in [6, 6.07) is 7.70. The Bertz CT molecular complexity index is 733. The van der Waals surface area contributed by atoms with Gasteiger partial charge in [0.05, 0.1) is 4.48 Å². The van der Waals surface area contributed by atoms with Crippen LogP contribution in [0.15, 0.2) is 62.6 Å². The molecule has 0 atom stereocenters. The summed E-state index contributed by atoms with van der Waals surface area (Å²) >= 11 is 3.07. The highest BCUT2D eigenvalue weighted by molar-refractivity contribution is 9.12. The van der Waals surface area contributed by atoms with Crippen molar-refractivity contribution < 1.29 is 17.5 Å². The maximum Gasteiger partial charge on any atom is 0.358 e. The van der Waals surface area contributed by atoms with E-state index >= 15 is 0 Å². The third-order valence-electron chi connectivity index (χ3n) is 2.52. The maximum atomic E-state index is 11.9. The van der Waals surface area contributed by atoms with Crippen molar-refractivity contribution in [1.29, 1.82) is 0 Å². The molecule has 1 aliphatic rings. The summed E-state index contributed by atoms with van der Waals surface area (Å²) in [5.74, 6) is -0.202. The van der Waals surface area contributed by atoms with Gasteiger partial charge in [0.15, 0.2) is 5.78 Å². The lowest BCUT2D eigenvalue weighted by Gasteiger charge is -2.08. The molecule has 0 saturated heterocycles. The van der Waals surface area contributed by atoms with Crippen molar-refractivity contribution in [3.8, 4) is 0 Å². The van der Waals surface area contributed by atoms with Crippen LogP contribution in [0, 0.1) is 0 Å². The van der Waals surface area contributed by atoms with Crippen molar-refractivity contribution in [2.24, 2.45) is 5.16 Å². The lowest BCUT2D eigenvalue weighted by molar-refractivity contribution is -0.110. The smallest absolute Gasteiger partial charge is 0.289 e. The first-order valence-electron chi connectivity index (χ1n) is 5.57. The number of hydrogen-bond donors (Lipinski definition) is 0. The Morgan fingerprint density at radius 1 is 1.15 bits per heavy atom. The first kappa shape index (κ1) is 14.7. The Kier molecular flexibility index (Phi) is 4.20. The van der Waals surface area contributed by atoms with Crippen LogP contribution in [0.5, 0.6) is 0 Å². The number of carbonyl (C=O) groups excluding carboxylic acids is 1. The molecule has 0 radical (unpaired) electrons. The van der Waals surface area contributed by atoms with Gasteiger partial charge in [0, 0.05) is 0 Å². The normalized spacial score (nSPS) is 17.7. The highest BCUT2D eigenvalue weighted by atomic mass is 79.9. The van der Waals surface area contributed by atoms with E-state index in [1.165, 1.54) is 24.3 Å². The van der Waals surface area contributed by atoms with Crippen molar-refractivity contribution in [2.45, 2.75) is 11.8 Å². The molecule has 0 saturated carbocycles. The van der Waals surface area contributed by atoms with E-state index in [0.29, 0.717) is 10.1 Å². The molecular formula is C13H10BrNO4S. The topological polar surface area (TPSA) is 72.8 Å². The third kappa shape index (κ3) is 3.23. The molecule has 1 aromatic rings. The average molecular weight is 356 g/mol. The molecule has 0 aromatic heterocycles. The van der Waals surface area contributed by atoms with Crippen LogP contribution in [-0.2, 0) is 19.2 Å². The van der Waals surface area contributed by atoms with Crippen LogP contribution in [-0.4, -0.2) is 19.9 Å². The lowest BCUT2D eigenvalue weighted by Crippen LogP contribution is -2.11. The number of halogens is 1. The van der Waals surface area contributed by atoms with Crippen LogP contribution < -0.4 is 0 Å². The monoisotopic (exact) mass is 355 g/mol. The Morgan fingerprint density at radius 3 is 2.45 bits per heavy atom. The average Bonchev–Trinajstić information content (AvgIpc) is 2.42. The highest BCUT2D eigenvalue weighted by Gasteiger charge is 2.18. The fourth-order valence-electron chi connectivity index (χ4n) is 1.46. The van der Waals surface area contributed by atoms with Crippen molar-refractivity contribution in [3.05, 3.63) is 52.5 Å². The van der Waals surface area contributed by atoms with Gasteiger partial charge in [-0.05, 0) is 52.7 Å². The predicted molar refractivity (Wildman–Crippen MR) is 77.9 cm³/mol. The molecule has 0 aliphatic heterocycles.